The topological polar surface area (TPSA) is 111 Å². The summed E-state index contributed by atoms with van der Waals surface area (Å²) in [6.45, 7) is 0. The van der Waals surface area contributed by atoms with Crippen LogP contribution < -0.4 is 14.8 Å². The second kappa shape index (κ2) is 6.18. The van der Waals surface area contributed by atoms with Gasteiger partial charge in [-0.1, -0.05) is 4.49 Å². The molecule has 0 bridgehead atoms. The minimum atomic E-state index is -1.20. The number of carbonyl (C=O) groups excluding carboxylic acids is 1. The number of methoxy groups -OCH3 is 2. The molecule has 110 valence electrons. The predicted molar refractivity (Wildman–Crippen MR) is 74.4 cm³/mol. The number of carbonyl (C=O) groups is 2. The summed E-state index contributed by atoms with van der Waals surface area (Å²) in [4.78, 5) is 23.5. The Labute approximate surface area is 123 Å². The molecule has 1 heterocycles. The molecule has 0 saturated carbocycles. The van der Waals surface area contributed by atoms with Crippen molar-refractivity contribution in [2.24, 2.45) is 0 Å². The number of nitrogens with zero attached hydrogens (tertiary/aromatic N) is 2. The molecule has 0 radical (unpaired) electrons. The molecule has 0 unspecified atom stereocenters. The van der Waals surface area contributed by atoms with Gasteiger partial charge in [0.1, 0.15) is 4.88 Å². The largest absolute Gasteiger partial charge is 0.493 e. The predicted octanol–water partition coefficient (Wildman–Crippen LogP) is 1.51. The fraction of sp³-hybridized carbons (Fsp3) is 0.167. The van der Waals surface area contributed by atoms with E-state index in [2.05, 4.69) is 14.9 Å². The molecule has 2 rings (SSSR count). The zero-order valence-electron chi connectivity index (χ0n) is 11.1. The van der Waals surface area contributed by atoms with Gasteiger partial charge in [0.2, 0.25) is 0 Å². The molecular formula is C12H11N3O5S. The number of hydrogen-bond donors (Lipinski definition) is 2. The van der Waals surface area contributed by atoms with E-state index in [9.17, 15) is 14.7 Å². The maximum absolute atomic E-state index is 12.0. The van der Waals surface area contributed by atoms with Crippen LogP contribution in [0.2, 0.25) is 0 Å². The van der Waals surface area contributed by atoms with Crippen molar-refractivity contribution in [3.63, 3.8) is 0 Å². The molecule has 0 saturated heterocycles. The van der Waals surface area contributed by atoms with Gasteiger partial charge in [0, 0.05) is 12.1 Å². The number of aromatic carboxylic acids is 1. The van der Waals surface area contributed by atoms with Crippen LogP contribution in [0.4, 0.5) is 5.69 Å². The summed E-state index contributed by atoms with van der Waals surface area (Å²) in [5.74, 6) is -1.14. The van der Waals surface area contributed by atoms with Crippen molar-refractivity contribution < 1.29 is 24.2 Å². The van der Waals surface area contributed by atoms with Crippen molar-refractivity contribution in [1.82, 2.24) is 9.59 Å². The number of benzene rings is 1. The van der Waals surface area contributed by atoms with Crippen LogP contribution >= 0.6 is 11.5 Å². The number of rotatable bonds is 5. The zero-order chi connectivity index (χ0) is 15.4. The molecule has 2 aromatic rings. The highest BCUT2D eigenvalue weighted by atomic mass is 32.1. The summed E-state index contributed by atoms with van der Waals surface area (Å²) >= 11 is 0.906. The lowest BCUT2D eigenvalue weighted by Crippen LogP contribution is -2.14. The molecule has 1 amide bonds. The van der Waals surface area contributed by atoms with Crippen LogP contribution in [0.5, 0.6) is 11.5 Å². The first-order valence-corrected chi connectivity index (χ1v) is 6.42. The van der Waals surface area contributed by atoms with Crippen LogP contribution in [-0.4, -0.2) is 40.8 Å². The van der Waals surface area contributed by atoms with Crippen molar-refractivity contribution in [2.45, 2.75) is 0 Å². The second-order valence-corrected chi connectivity index (χ2v) is 4.58. The number of nitrogens with one attached hydrogen (secondary N) is 1. The van der Waals surface area contributed by atoms with Gasteiger partial charge in [-0.15, -0.1) is 5.10 Å². The average Bonchev–Trinajstić information content (AvgIpc) is 3.00. The molecule has 0 spiro atoms. The average molecular weight is 309 g/mol. The molecule has 21 heavy (non-hydrogen) atoms. The van der Waals surface area contributed by atoms with E-state index in [1.54, 1.807) is 0 Å². The maximum atomic E-state index is 12.0. The van der Waals surface area contributed by atoms with Crippen molar-refractivity contribution in [2.75, 3.05) is 19.5 Å². The van der Waals surface area contributed by atoms with Crippen molar-refractivity contribution >= 4 is 29.1 Å². The third-order valence-electron chi connectivity index (χ3n) is 2.59. The Hall–Kier alpha value is -2.68. The number of carboxylic acids is 1. The lowest BCUT2D eigenvalue weighted by atomic mass is 10.1. The van der Waals surface area contributed by atoms with Gasteiger partial charge in [0.25, 0.3) is 5.91 Å². The van der Waals surface area contributed by atoms with E-state index in [-0.39, 0.29) is 21.9 Å². The summed E-state index contributed by atoms with van der Waals surface area (Å²) in [6.07, 6.45) is 1.29. The molecule has 1 aromatic carbocycles. The zero-order valence-corrected chi connectivity index (χ0v) is 11.9. The third kappa shape index (κ3) is 3.08. The fourth-order valence-corrected chi connectivity index (χ4v) is 2.02. The van der Waals surface area contributed by atoms with Gasteiger partial charge in [-0.25, -0.2) is 4.79 Å². The monoisotopic (exact) mass is 309 g/mol. The number of carboxylic acid groups (broad SMARTS) is 1. The van der Waals surface area contributed by atoms with E-state index >= 15 is 0 Å². The van der Waals surface area contributed by atoms with Crippen molar-refractivity contribution in [3.8, 4) is 11.5 Å². The highest BCUT2D eigenvalue weighted by molar-refractivity contribution is 7.07. The minimum Gasteiger partial charge on any atom is -0.493 e. The normalized spacial score (nSPS) is 10.0. The minimum absolute atomic E-state index is 0.0959. The Morgan fingerprint density at radius 2 is 1.90 bits per heavy atom. The van der Waals surface area contributed by atoms with Gasteiger partial charge in [0.15, 0.2) is 11.5 Å². The van der Waals surface area contributed by atoms with E-state index < -0.39 is 11.9 Å². The number of amides is 1. The molecule has 8 nitrogen and oxygen atoms in total. The second-order valence-electron chi connectivity index (χ2n) is 3.79. The van der Waals surface area contributed by atoms with Crippen LogP contribution in [0, 0.1) is 0 Å². The third-order valence-corrected chi connectivity index (χ3v) is 3.25. The molecular weight excluding hydrogens is 298 g/mol. The number of ether oxygens (including phenoxy) is 2. The van der Waals surface area contributed by atoms with Gasteiger partial charge in [-0.3, -0.25) is 4.79 Å². The van der Waals surface area contributed by atoms with Crippen LogP contribution in [0.3, 0.4) is 0 Å². The summed E-state index contributed by atoms with van der Waals surface area (Å²) in [5.41, 5.74) is -0.0166. The van der Waals surface area contributed by atoms with Crippen LogP contribution in [0.25, 0.3) is 0 Å². The van der Waals surface area contributed by atoms with Gasteiger partial charge in [0.05, 0.1) is 31.7 Å². The summed E-state index contributed by atoms with van der Waals surface area (Å²) < 4.78 is 13.7. The Morgan fingerprint density at radius 1 is 1.24 bits per heavy atom. The van der Waals surface area contributed by atoms with Gasteiger partial charge in [-0.2, -0.15) is 0 Å². The first-order valence-electron chi connectivity index (χ1n) is 5.64. The SMILES string of the molecule is COc1cc(NC(=O)c2cnns2)c(C(=O)O)cc1OC. The van der Waals surface area contributed by atoms with Crippen molar-refractivity contribution in [1.29, 1.82) is 0 Å². The Bertz CT molecular complexity index is 672. The van der Waals surface area contributed by atoms with E-state index in [0.717, 1.165) is 11.5 Å². The van der Waals surface area contributed by atoms with Crippen LogP contribution in [0.1, 0.15) is 20.0 Å². The standard InChI is InChI=1S/C12H11N3O5S/c1-19-8-3-6(12(17)18)7(4-9(8)20-2)14-11(16)10-5-13-15-21-10/h3-5H,1-2H3,(H,14,16)(H,17,18). The quantitative estimate of drug-likeness (QED) is 0.861. The van der Waals surface area contributed by atoms with Gasteiger partial charge < -0.3 is 19.9 Å². The molecule has 1 aromatic heterocycles. The van der Waals surface area contributed by atoms with Crippen LogP contribution in [-0.2, 0) is 0 Å². The molecule has 0 aliphatic rings. The van der Waals surface area contributed by atoms with Gasteiger partial charge >= 0.3 is 5.97 Å². The molecule has 2 N–H and O–H groups in total. The number of anilines is 1. The maximum Gasteiger partial charge on any atom is 0.337 e. The van der Waals surface area contributed by atoms with Crippen molar-refractivity contribution in [3.05, 3.63) is 28.8 Å². The van der Waals surface area contributed by atoms with E-state index in [1.807, 2.05) is 0 Å². The Morgan fingerprint density at radius 3 is 2.43 bits per heavy atom. The highest BCUT2D eigenvalue weighted by Gasteiger charge is 2.19. The first-order chi connectivity index (χ1) is 10.1. The van der Waals surface area contributed by atoms with Crippen LogP contribution in [0.15, 0.2) is 18.3 Å². The van der Waals surface area contributed by atoms with E-state index in [0.29, 0.717) is 5.75 Å². The number of aromatic nitrogens is 2. The van der Waals surface area contributed by atoms with E-state index in [4.69, 9.17) is 9.47 Å². The molecule has 0 aliphatic heterocycles. The summed E-state index contributed by atoms with van der Waals surface area (Å²) in [6, 6.07) is 2.66. The molecule has 0 fully saturated rings. The summed E-state index contributed by atoms with van der Waals surface area (Å²) in [7, 11) is 2.81. The Kier molecular flexibility index (Phi) is 4.33. The Balaban J connectivity index is 2.41. The first kappa shape index (κ1) is 14.7. The van der Waals surface area contributed by atoms with Gasteiger partial charge in [-0.05, 0) is 11.5 Å². The lowest BCUT2D eigenvalue weighted by Gasteiger charge is -2.13. The van der Waals surface area contributed by atoms with E-state index in [1.165, 1.54) is 32.5 Å². The molecule has 0 atom stereocenters. The fourth-order valence-electron chi connectivity index (χ4n) is 1.61. The smallest absolute Gasteiger partial charge is 0.337 e. The number of hydrogen-bond acceptors (Lipinski definition) is 7. The highest BCUT2D eigenvalue weighted by Crippen LogP contribution is 2.33. The summed E-state index contributed by atoms with van der Waals surface area (Å²) in [5, 5.41) is 15.3. The molecule has 9 heteroatoms. The molecule has 0 aliphatic carbocycles. The lowest BCUT2D eigenvalue weighted by molar-refractivity contribution is 0.0697.